The van der Waals surface area contributed by atoms with E-state index in [1.807, 2.05) is 32.0 Å². The number of aryl methyl sites for hydroxylation is 2. The van der Waals surface area contributed by atoms with Crippen molar-refractivity contribution in [2.24, 2.45) is 0 Å². The molecule has 0 saturated heterocycles. The number of methoxy groups -OCH3 is 1. The van der Waals surface area contributed by atoms with E-state index in [-0.39, 0.29) is 11.4 Å². The van der Waals surface area contributed by atoms with Crippen molar-refractivity contribution >= 4 is 21.6 Å². The SMILES string of the molecule is CCc1cccc(CC)c1NC(=O)CNS(=O)(=O)c1ccc(OC)cc1. The molecule has 0 atom stereocenters. The first-order chi connectivity index (χ1) is 12.4. The lowest BCUT2D eigenvalue weighted by atomic mass is 10.0. The zero-order valence-corrected chi connectivity index (χ0v) is 16.0. The standard InChI is InChI=1S/C19H24N2O4S/c1-4-14-7-6-8-15(5-2)19(14)21-18(22)13-20-26(23,24)17-11-9-16(25-3)10-12-17/h6-12,20H,4-5,13H2,1-3H3,(H,21,22). The van der Waals surface area contributed by atoms with E-state index in [0.717, 1.165) is 29.7 Å². The third kappa shape index (κ3) is 4.83. The fourth-order valence-electron chi connectivity index (χ4n) is 2.59. The van der Waals surface area contributed by atoms with Crippen LogP contribution in [0.15, 0.2) is 47.4 Å². The Hall–Kier alpha value is -2.38. The third-order valence-corrected chi connectivity index (χ3v) is 5.47. The number of para-hydroxylation sites is 1. The minimum atomic E-state index is -3.77. The number of sulfonamides is 1. The zero-order chi connectivity index (χ0) is 19.2. The molecular weight excluding hydrogens is 352 g/mol. The fourth-order valence-corrected chi connectivity index (χ4v) is 3.57. The molecule has 2 N–H and O–H groups in total. The zero-order valence-electron chi connectivity index (χ0n) is 15.2. The molecule has 0 bridgehead atoms. The van der Waals surface area contributed by atoms with E-state index in [9.17, 15) is 13.2 Å². The maximum Gasteiger partial charge on any atom is 0.241 e. The highest BCUT2D eigenvalue weighted by Gasteiger charge is 2.17. The number of benzene rings is 2. The van der Waals surface area contributed by atoms with E-state index in [1.54, 1.807) is 12.1 Å². The number of hydrogen-bond donors (Lipinski definition) is 2. The number of nitrogens with one attached hydrogen (secondary N) is 2. The topological polar surface area (TPSA) is 84.5 Å². The molecule has 0 heterocycles. The van der Waals surface area contributed by atoms with Gasteiger partial charge >= 0.3 is 0 Å². The van der Waals surface area contributed by atoms with Gasteiger partial charge in [0.2, 0.25) is 15.9 Å². The summed E-state index contributed by atoms with van der Waals surface area (Å²) in [5.41, 5.74) is 2.82. The molecule has 2 aromatic carbocycles. The van der Waals surface area contributed by atoms with Crippen molar-refractivity contribution in [2.45, 2.75) is 31.6 Å². The molecule has 0 saturated carbocycles. The molecule has 7 heteroatoms. The van der Waals surface area contributed by atoms with Crippen molar-refractivity contribution in [3.63, 3.8) is 0 Å². The van der Waals surface area contributed by atoms with Crippen molar-refractivity contribution in [2.75, 3.05) is 19.0 Å². The molecule has 1 amide bonds. The molecule has 0 aliphatic heterocycles. The van der Waals surface area contributed by atoms with Gasteiger partial charge in [-0.05, 0) is 48.2 Å². The maximum atomic E-state index is 12.3. The van der Waals surface area contributed by atoms with Gasteiger partial charge < -0.3 is 10.1 Å². The highest BCUT2D eigenvalue weighted by atomic mass is 32.2. The van der Waals surface area contributed by atoms with Crippen LogP contribution in [-0.2, 0) is 27.7 Å². The second-order valence-corrected chi connectivity index (χ2v) is 7.47. The first-order valence-corrected chi connectivity index (χ1v) is 9.94. The summed E-state index contributed by atoms with van der Waals surface area (Å²) < 4.78 is 31.9. The summed E-state index contributed by atoms with van der Waals surface area (Å²) in [7, 11) is -2.27. The molecule has 26 heavy (non-hydrogen) atoms. The number of carbonyl (C=O) groups is 1. The van der Waals surface area contributed by atoms with Gasteiger partial charge in [0.05, 0.1) is 18.6 Å². The van der Waals surface area contributed by atoms with E-state index in [1.165, 1.54) is 19.2 Å². The van der Waals surface area contributed by atoms with Crippen LogP contribution in [-0.4, -0.2) is 28.0 Å². The van der Waals surface area contributed by atoms with Crippen LogP contribution in [0, 0.1) is 0 Å². The van der Waals surface area contributed by atoms with Gasteiger partial charge in [0.15, 0.2) is 0 Å². The third-order valence-electron chi connectivity index (χ3n) is 4.06. The Kier molecular flexibility index (Phi) is 6.76. The minimum absolute atomic E-state index is 0.0781. The molecule has 0 unspecified atom stereocenters. The Morgan fingerprint density at radius 1 is 1.00 bits per heavy atom. The molecule has 2 rings (SSSR count). The molecule has 6 nitrogen and oxygen atoms in total. The van der Waals surface area contributed by atoms with Crippen molar-refractivity contribution in [1.29, 1.82) is 0 Å². The van der Waals surface area contributed by atoms with E-state index in [4.69, 9.17) is 4.74 Å². The van der Waals surface area contributed by atoms with Crippen LogP contribution in [0.5, 0.6) is 5.75 Å². The first-order valence-electron chi connectivity index (χ1n) is 8.45. The monoisotopic (exact) mass is 376 g/mol. The Bertz CT molecular complexity index is 839. The average molecular weight is 376 g/mol. The van der Waals surface area contributed by atoms with Crippen molar-refractivity contribution in [1.82, 2.24) is 4.72 Å². The van der Waals surface area contributed by atoms with Gasteiger partial charge in [0, 0.05) is 5.69 Å². The summed E-state index contributed by atoms with van der Waals surface area (Å²) >= 11 is 0. The molecule has 0 aliphatic rings. The van der Waals surface area contributed by atoms with Gasteiger partial charge in [-0.2, -0.15) is 0 Å². The van der Waals surface area contributed by atoms with E-state index in [0.29, 0.717) is 5.75 Å². The fraction of sp³-hybridized carbons (Fsp3) is 0.316. The molecule has 0 aliphatic carbocycles. The van der Waals surface area contributed by atoms with Gasteiger partial charge in [-0.1, -0.05) is 32.0 Å². The molecule has 0 aromatic heterocycles. The molecule has 2 aromatic rings. The predicted molar refractivity (Wildman–Crippen MR) is 102 cm³/mol. The normalized spacial score (nSPS) is 11.2. The minimum Gasteiger partial charge on any atom is -0.497 e. The summed E-state index contributed by atoms with van der Waals surface area (Å²) in [5, 5.41) is 2.84. The van der Waals surface area contributed by atoms with Crippen LogP contribution < -0.4 is 14.8 Å². The number of ether oxygens (including phenoxy) is 1. The van der Waals surface area contributed by atoms with Crippen LogP contribution >= 0.6 is 0 Å². The Balaban J connectivity index is 2.06. The van der Waals surface area contributed by atoms with Crippen LogP contribution in [0.2, 0.25) is 0 Å². The summed E-state index contributed by atoms with van der Waals surface area (Å²) in [6, 6.07) is 11.8. The Labute approximate surface area is 154 Å². The number of anilines is 1. The number of amides is 1. The van der Waals surface area contributed by atoms with Gasteiger partial charge in [-0.25, -0.2) is 13.1 Å². The molecule has 0 spiro atoms. The molecule has 140 valence electrons. The first kappa shape index (κ1) is 19.9. The maximum absolute atomic E-state index is 12.3. The van der Waals surface area contributed by atoms with Crippen LogP contribution in [0.4, 0.5) is 5.69 Å². The molecule has 0 radical (unpaired) electrons. The summed E-state index contributed by atoms with van der Waals surface area (Å²) in [6.45, 7) is 3.68. The van der Waals surface area contributed by atoms with Crippen LogP contribution in [0.3, 0.4) is 0 Å². The quantitative estimate of drug-likeness (QED) is 0.742. The van der Waals surface area contributed by atoms with Gasteiger partial charge in [-0.15, -0.1) is 0 Å². The lowest BCUT2D eigenvalue weighted by Crippen LogP contribution is -2.33. The van der Waals surface area contributed by atoms with Crippen molar-refractivity contribution in [3.8, 4) is 5.75 Å². The molecular formula is C19H24N2O4S. The highest BCUT2D eigenvalue weighted by molar-refractivity contribution is 7.89. The van der Waals surface area contributed by atoms with Crippen LogP contribution in [0.25, 0.3) is 0 Å². The Morgan fingerprint density at radius 2 is 1.58 bits per heavy atom. The van der Waals surface area contributed by atoms with Crippen molar-refractivity contribution in [3.05, 3.63) is 53.6 Å². The summed E-state index contributed by atoms with van der Waals surface area (Å²) in [5.74, 6) is 0.155. The van der Waals surface area contributed by atoms with E-state index >= 15 is 0 Å². The van der Waals surface area contributed by atoms with E-state index in [2.05, 4.69) is 10.0 Å². The number of carbonyl (C=O) groups excluding carboxylic acids is 1. The Morgan fingerprint density at radius 3 is 2.08 bits per heavy atom. The molecule has 0 fully saturated rings. The lowest BCUT2D eigenvalue weighted by Gasteiger charge is -2.14. The van der Waals surface area contributed by atoms with Gasteiger partial charge in [-0.3, -0.25) is 4.79 Å². The van der Waals surface area contributed by atoms with E-state index < -0.39 is 15.9 Å². The van der Waals surface area contributed by atoms with Crippen molar-refractivity contribution < 1.29 is 17.9 Å². The van der Waals surface area contributed by atoms with Crippen LogP contribution in [0.1, 0.15) is 25.0 Å². The smallest absolute Gasteiger partial charge is 0.241 e. The summed E-state index contributed by atoms with van der Waals surface area (Å²) in [4.78, 5) is 12.3. The number of hydrogen-bond acceptors (Lipinski definition) is 4. The number of rotatable bonds is 8. The predicted octanol–water partition coefficient (Wildman–Crippen LogP) is 2.74. The van der Waals surface area contributed by atoms with Gasteiger partial charge in [0.25, 0.3) is 0 Å². The second-order valence-electron chi connectivity index (χ2n) is 5.71. The average Bonchev–Trinajstić information content (AvgIpc) is 2.66. The summed E-state index contributed by atoms with van der Waals surface area (Å²) in [6.07, 6.45) is 1.56. The second kappa shape index (κ2) is 8.82. The highest BCUT2D eigenvalue weighted by Crippen LogP contribution is 2.22. The lowest BCUT2D eigenvalue weighted by molar-refractivity contribution is -0.115. The largest absolute Gasteiger partial charge is 0.497 e. The van der Waals surface area contributed by atoms with Gasteiger partial charge in [0.1, 0.15) is 5.75 Å².